The number of hydrogen-bond donors (Lipinski definition) is 1. The average Bonchev–Trinajstić information content (AvgIpc) is 3.52. The van der Waals surface area contributed by atoms with Gasteiger partial charge in [-0.25, -0.2) is 4.79 Å². The Morgan fingerprint density at radius 1 is 1.17 bits per heavy atom. The molecule has 3 aliphatic rings. The summed E-state index contributed by atoms with van der Waals surface area (Å²) >= 11 is 0. The van der Waals surface area contributed by atoms with Crippen LogP contribution in [-0.2, 0) is 18.7 Å². The lowest BCUT2D eigenvalue weighted by Gasteiger charge is -2.48. The Hall–Kier alpha value is -3.45. The Morgan fingerprint density at radius 2 is 1.93 bits per heavy atom. The van der Waals surface area contributed by atoms with Gasteiger partial charge in [0.05, 0.1) is 24.2 Å². The van der Waals surface area contributed by atoms with Crippen LogP contribution in [0.25, 0.3) is 0 Å². The van der Waals surface area contributed by atoms with Crippen LogP contribution < -0.4 is 16.4 Å². The monoisotopic (exact) mass is 574 g/mol. The molecule has 1 spiro atoms. The van der Waals surface area contributed by atoms with Crippen molar-refractivity contribution in [2.45, 2.75) is 81.7 Å². The van der Waals surface area contributed by atoms with Gasteiger partial charge in [-0.15, -0.1) is 0 Å². The van der Waals surface area contributed by atoms with E-state index in [0.29, 0.717) is 12.8 Å². The van der Waals surface area contributed by atoms with E-state index in [1.165, 1.54) is 28.9 Å². The Bertz CT molecular complexity index is 1540. The highest BCUT2D eigenvalue weighted by Crippen LogP contribution is 2.62. The van der Waals surface area contributed by atoms with Crippen molar-refractivity contribution in [1.29, 1.82) is 0 Å². The van der Waals surface area contributed by atoms with Gasteiger partial charge in [-0.2, -0.15) is 0 Å². The Morgan fingerprint density at radius 3 is 2.56 bits per heavy atom. The van der Waals surface area contributed by atoms with Crippen molar-refractivity contribution in [1.82, 2.24) is 9.55 Å². The van der Waals surface area contributed by atoms with Crippen molar-refractivity contribution in [2.75, 3.05) is 6.61 Å². The van der Waals surface area contributed by atoms with E-state index >= 15 is 0 Å². The fraction of sp³-hybridized carbons (Fsp3) is 0.469. The molecular weight excluding hydrogens is 536 g/mol. The largest absolute Gasteiger partial charge is 0.408 e. The number of aromatic nitrogens is 2. The summed E-state index contributed by atoms with van der Waals surface area (Å²) in [7, 11) is -2.73. The smallest absolute Gasteiger partial charge is 0.328 e. The van der Waals surface area contributed by atoms with Gasteiger partial charge in [0.15, 0.2) is 0 Å². The van der Waals surface area contributed by atoms with Crippen LogP contribution in [0.4, 0.5) is 0 Å². The number of carbonyl (C=O) groups excluding carboxylic acids is 1. The van der Waals surface area contributed by atoms with E-state index in [9.17, 15) is 14.4 Å². The molecule has 1 saturated heterocycles. The predicted molar refractivity (Wildman–Crippen MR) is 159 cm³/mol. The molecule has 1 aliphatic heterocycles. The van der Waals surface area contributed by atoms with Crippen LogP contribution in [0.1, 0.15) is 59.9 Å². The molecule has 9 heteroatoms. The van der Waals surface area contributed by atoms with Gasteiger partial charge in [0, 0.05) is 31.1 Å². The lowest BCUT2D eigenvalue weighted by atomic mass is 9.89. The number of carbonyl (C=O) groups is 1. The number of aromatic amines is 1. The number of nitrogens with one attached hydrogen (secondary N) is 1. The lowest BCUT2D eigenvalue weighted by Crippen LogP contribution is -2.62. The second kappa shape index (κ2) is 10.7. The van der Waals surface area contributed by atoms with Crippen LogP contribution in [0.5, 0.6) is 0 Å². The minimum Gasteiger partial charge on any atom is -0.408 e. The topological polar surface area (TPSA) is 99.6 Å². The van der Waals surface area contributed by atoms with Crippen LogP contribution in [-0.4, -0.2) is 41.6 Å². The molecule has 2 fully saturated rings. The number of rotatable bonds is 6. The van der Waals surface area contributed by atoms with E-state index < -0.39 is 36.7 Å². The molecule has 2 aliphatic carbocycles. The highest BCUT2D eigenvalue weighted by molar-refractivity contribution is 6.90. The molecule has 1 aromatic heterocycles. The Kier molecular flexibility index (Phi) is 7.62. The summed E-state index contributed by atoms with van der Waals surface area (Å²) in [6.45, 7) is 10.4. The molecule has 5 unspecified atom stereocenters. The molecule has 0 radical (unpaired) electrons. The molecular formula is C32H38N2O6Si. The number of hydrogen-bond acceptors (Lipinski definition) is 6. The fourth-order valence-corrected chi connectivity index (χ4v) is 12.0. The Labute approximate surface area is 241 Å². The van der Waals surface area contributed by atoms with Gasteiger partial charge in [-0.3, -0.25) is 19.1 Å². The number of nitrogens with zero attached hydrogens (tertiary/aromatic N) is 1. The SMILES string of the molecule is CC(=O)OC#CC1C[C@@]2(CC2n2ccc(=O)[nH]c2=O)OC1(C)CO[Si](c1ccccc1)(C1C=CC=CC1)C(C)(C)C. The summed E-state index contributed by atoms with van der Waals surface area (Å²) in [5.74, 6) is 2.35. The summed E-state index contributed by atoms with van der Waals surface area (Å²) in [4.78, 5) is 38.0. The quantitative estimate of drug-likeness (QED) is 0.317. The molecule has 8 nitrogen and oxygen atoms in total. The first kappa shape index (κ1) is 29.1. The summed E-state index contributed by atoms with van der Waals surface area (Å²) < 4.78 is 20.7. The number of esters is 1. The number of ether oxygens (including phenoxy) is 2. The molecule has 6 atom stereocenters. The predicted octanol–water partition coefficient (Wildman–Crippen LogP) is 4.10. The highest BCUT2D eigenvalue weighted by atomic mass is 28.4. The Balaban J connectivity index is 1.51. The average molecular weight is 575 g/mol. The van der Waals surface area contributed by atoms with Crippen molar-refractivity contribution in [3.63, 3.8) is 0 Å². The molecule has 0 amide bonds. The van der Waals surface area contributed by atoms with Crippen LogP contribution in [0.15, 0.2) is 76.5 Å². The molecule has 2 heterocycles. The summed E-state index contributed by atoms with van der Waals surface area (Å²) in [6, 6.07) is 11.6. The normalized spacial score (nSPS) is 29.9. The van der Waals surface area contributed by atoms with Crippen LogP contribution in [0.2, 0.25) is 10.6 Å². The van der Waals surface area contributed by atoms with Gasteiger partial charge in [-0.1, -0.05) is 81.3 Å². The van der Waals surface area contributed by atoms with Crippen LogP contribution >= 0.6 is 0 Å². The summed E-state index contributed by atoms with van der Waals surface area (Å²) in [6.07, 6.45) is 14.8. The zero-order valence-electron chi connectivity index (χ0n) is 24.3. The zero-order chi connectivity index (χ0) is 29.5. The first-order valence-corrected chi connectivity index (χ1v) is 16.1. The lowest BCUT2D eigenvalue weighted by molar-refractivity contribution is -0.134. The second-order valence-corrected chi connectivity index (χ2v) is 17.2. The maximum atomic E-state index is 12.6. The maximum absolute atomic E-state index is 12.6. The first-order valence-electron chi connectivity index (χ1n) is 14.1. The maximum Gasteiger partial charge on any atom is 0.328 e. The zero-order valence-corrected chi connectivity index (χ0v) is 25.3. The van der Waals surface area contributed by atoms with Gasteiger partial charge in [0.1, 0.15) is 11.7 Å². The van der Waals surface area contributed by atoms with Crippen molar-refractivity contribution >= 4 is 19.5 Å². The molecule has 41 heavy (non-hydrogen) atoms. The van der Waals surface area contributed by atoms with Crippen LogP contribution in [0.3, 0.4) is 0 Å². The van der Waals surface area contributed by atoms with Crippen molar-refractivity contribution in [3.05, 3.63) is 87.7 Å². The van der Waals surface area contributed by atoms with Gasteiger partial charge in [0.25, 0.3) is 5.56 Å². The second-order valence-electron chi connectivity index (χ2n) is 12.6. The van der Waals surface area contributed by atoms with Gasteiger partial charge >= 0.3 is 11.7 Å². The van der Waals surface area contributed by atoms with E-state index in [4.69, 9.17) is 13.9 Å². The standard InChI is InChI=1S/C32H38N2O6Si/c1-23(35)38-19-17-24-20-32(21-27(32)34-18-16-28(36)33-29(34)37)40-31(24,5)22-39-41(30(2,3)4,25-12-8-6-9-13-25)26-14-10-7-11-15-26/h6-14,16,18,24,26-27H,15,20-22H2,1-5H3,(H,33,36,37)/t24?,26?,27?,31?,32-,41?/m0/s1. The number of allylic oxidation sites excluding steroid dienone is 4. The van der Waals surface area contributed by atoms with E-state index in [2.05, 4.69) is 86.4 Å². The third kappa shape index (κ3) is 5.44. The summed E-state index contributed by atoms with van der Waals surface area (Å²) in [5, 5.41) is 1.06. The van der Waals surface area contributed by atoms with E-state index in [-0.39, 0.29) is 29.1 Å². The number of H-pyrrole nitrogens is 1. The van der Waals surface area contributed by atoms with Gasteiger partial charge in [-0.05, 0) is 30.0 Å². The molecule has 5 rings (SSSR count). The summed E-state index contributed by atoms with van der Waals surface area (Å²) in [5.41, 5.74) is -2.15. The third-order valence-electron chi connectivity index (χ3n) is 8.73. The van der Waals surface area contributed by atoms with Crippen molar-refractivity contribution < 1.29 is 18.7 Å². The van der Waals surface area contributed by atoms with E-state index in [1.54, 1.807) is 0 Å². The third-order valence-corrected chi connectivity index (χ3v) is 14.2. The molecule has 1 N–H and O–H groups in total. The van der Waals surface area contributed by atoms with Crippen molar-refractivity contribution in [2.24, 2.45) is 5.92 Å². The van der Waals surface area contributed by atoms with Gasteiger partial charge in [0.2, 0.25) is 8.32 Å². The molecule has 2 aromatic rings. The van der Waals surface area contributed by atoms with E-state index in [0.717, 1.165) is 6.42 Å². The minimum absolute atomic E-state index is 0.161. The molecule has 1 aromatic carbocycles. The van der Waals surface area contributed by atoms with Crippen molar-refractivity contribution in [3.8, 4) is 12.0 Å². The minimum atomic E-state index is -2.73. The van der Waals surface area contributed by atoms with Crippen LogP contribution in [0, 0.1) is 17.9 Å². The van der Waals surface area contributed by atoms with E-state index in [1.807, 2.05) is 13.0 Å². The first-order chi connectivity index (χ1) is 19.4. The highest BCUT2D eigenvalue weighted by Gasteiger charge is 2.67. The molecule has 216 valence electrons. The number of benzene rings is 1. The molecule has 1 saturated carbocycles. The fourth-order valence-electron chi connectivity index (χ4n) is 6.70. The van der Waals surface area contributed by atoms with Gasteiger partial charge < -0.3 is 13.9 Å². The molecule has 0 bridgehead atoms.